The predicted molar refractivity (Wildman–Crippen MR) is 89.1 cm³/mol. The van der Waals surface area contributed by atoms with Crippen molar-refractivity contribution in [2.24, 2.45) is 0 Å². The summed E-state index contributed by atoms with van der Waals surface area (Å²) in [6.07, 6.45) is 0.360. The minimum absolute atomic E-state index is 0.0182. The fraction of sp³-hybridized carbons (Fsp3) is 0.188. The fourth-order valence-electron chi connectivity index (χ4n) is 1.79. The second kappa shape index (κ2) is 7.28. The van der Waals surface area contributed by atoms with Gasteiger partial charge in [-0.1, -0.05) is 12.1 Å². The van der Waals surface area contributed by atoms with E-state index < -0.39 is 0 Å². The molecule has 1 amide bonds. The van der Waals surface area contributed by atoms with Gasteiger partial charge in [0.1, 0.15) is 5.75 Å². The number of anilines is 1. The van der Waals surface area contributed by atoms with E-state index in [9.17, 15) is 4.79 Å². The van der Waals surface area contributed by atoms with Crippen LogP contribution in [0.25, 0.3) is 0 Å². The van der Waals surface area contributed by atoms with Crippen molar-refractivity contribution in [1.29, 1.82) is 0 Å². The van der Waals surface area contributed by atoms with Crippen molar-refractivity contribution in [2.45, 2.75) is 13.3 Å². The average molecular weight is 381 g/mol. The van der Waals surface area contributed by atoms with Crippen molar-refractivity contribution in [2.75, 3.05) is 11.9 Å². The summed E-state index contributed by atoms with van der Waals surface area (Å²) in [7, 11) is 0. The van der Waals surface area contributed by atoms with E-state index in [-0.39, 0.29) is 5.91 Å². The molecule has 0 aliphatic carbocycles. The molecule has 0 aliphatic rings. The Labute approximate surface area is 132 Å². The Morgan fingerprint density at radius 2 is 1.75 bits per heavy atom. The molecule has 0 aromatic heterocycles. The molecule has 0 unspecified atom stereocenters. The zero-order chi connectivity index (χ0) is 14.4. The molecule has 4 heteroatoms. The number of halogens is 1. The maximum Gasteiger partial charge on any atom is 0.228 e. The van der Waals surface area contributed by atoms with Crippen LogP contribution in [0.15, 0.2) is 48.5 Å². The highest BCUT2D eigenvalue weighted by Gasteiger charge is 2.04. The van der Waals surface area contributed by atoms with Gasteiger partial charge in [-0.25, -0.2) is 0 Å². The van der Waals surface area contributed by atoms with Gasteiger partial charge >= 0.3 is 0 Å². The van der Waals surface area contributed by atoms with Gasteiger partial charge in [0.15, 0.2) is 0 Å². The van der Waals surface area contributed by atoms with E-state index in [1.807, 2.05) is 55.5 Å². The first-order valence-electron chi connectivity index (χ1n) is 6.44. The Kier molecular flexibility index (Phi) is 5.40. The molecule has 3 nitrogen and oxygen atoms in total. The highest BCUT2D eigenvalue weighted by Crippen LogP contribution is 2.14. The number of rotatable bonds is 5. The molecule has 0 saturated heterocycles. The van der Waals surface area contributed by atoms with Crippen LogP contribution in [-0.4, -0.2) is 12.5 Å². The topological polar surface area (TPSA) is 38.3 Å². The lowest BCUT2D eigenvalue weighted by Crippen LogP contribution is -2.14. The highest BCUT2D eigenvalue weighted by molar-refractivity contribution is 14.1. The molecule has 0 heterocycles. The predicted octanol–water partition coefficient (Wildman–Crippen LogP) is 3.87. The Hall–Kier alpha value is -1.56. The Bertz CT molecular complexity index is 564. The Balaban J connectivity index is 1.92. The number of carbonyl (C=O) groups is 1. The van der Waals surface area contributed by atoms with Crippen molar-refractivity contribution in [3.63, 3.8) is 0 Å². The van der Waals surface area contributed by atoms with Gasteiger partial charge in [0, 0.05) is 9.26 Å². The summed E-state index contributed by atoms with van der Waals surface area (Å²) in [5, 5.41) is 2.88. The maximum absolute atomic E-state index is 11.9. The van der Waals surface area contributed by atoms with Crippen LogP contribution < -0.4 is 10.1 Å². The van der Waals surface area contributed by atoms with E-state index in [1.165, 1.54) is 0 Å². The summed E-state index contributed by atoms with van der Waals surface area (Å²) in [6.45, 7) is 2.59. The third-order valence-electron chi connectivity index (χ3n) is 2.73. The minimum Gasteiger partial charge on any atom is -0.494 e. The molecule has 2 rings (SSSR count). The van der Waals surface area contributed by atoms with Gasteiger partial charge in [0.05, 0.1) is 13.0 Å². The summed E-state index contributed by atoms with van der Waals surface area (Å²) in [4.78, 5) is 11.9. The molecular formula is C16H16INO2. The first kappa shape index (κ1) is 14.8. The summed E-state index contributed by atoms with van der Waals surface area (Å²) in [6, 6.07) is 15.3. The van der Waals surface area contributed by atoms with Crippen LogP contribution in [0.1, 0.15) is 12.5 Å². The molecule has 0 aliphatic heterocycles. The quantitative estimate of drug-likeness (QED) is 0.799. The molecule has 2 aromatic carbocycles. The van der Waals surface area contributed by atoms with Crippen LogP contribution in [0.4, 0.5) is 5.69 Å². The van der Waals surface area contributed by atoms with Gasteiger partial charge in [0.25, 0.3) is 0 Å². The summed E-state index contributed by atoms with van der Waals surface area (Å²) >= 11 is 2.23. The molecule has 0 fully saturated rings. The standard InChI is InChI=1S/C16H16INO2/c1-2-20-15-9-3-12(4-10-15)11-16(19)18-14-7-5-13(17)6-8-14/h3-10H,2,11H2,1H3,(H,18,19). The number of benzene rings is 2. The van der Waals surface area contributed by atoms with E-state index in [0.717, 1.165) is 20.6 Å². The Morgan fingerprint density at radius 3 is 2.35 bits per heavy atom. The zero-order valence-electron chi connectivity index (χ0n) is 11.2. The lowest BCUT2D eigenvalue weighted by atomic mass is 10.1. The van der Waals surface area contributed by atoms with Crippen molar-refractivity contribution in [3.8, 4) is 5.75 Å². The van der Waals surface area contributed by atoms with Crippen LogP contribution in [0.5, 0.6) is 5.75 Å². The van der Waals surface area contributed by atoms with Gasteiger partial charge in [-0.05, 0) is 71.5 Å². The van der Waals surface area contributed by atoms with Crippen LogP contribution in [0.2, 0.25) is 0 Å². The smallest absolute Gasteiger partial charge is 0.228 e. The largest absolute Gasteiger partial charge is 0.494 e. The van der Waals surface area contributed by atoms with E-state index in [4.69, 9.17) is 4.74 Å². The summed E-state index contributed by atoms with van der Waals surface area (Å²) in [5.74, 6) is 0.810. The zero-order valence-corrected chi connectivity index (χ0v) is 13.4. The molecule has 0 spiro atoms. The van der Waals surface area contributed by atoms with Crippen molar-refractivity contribution in [3.05, 3.63) is 57.7 Å². The maximum atomic E-state index is 11.9. The molecule has 2 aromatic rings. The summed E-state index contributed by atoms with van der Waals surface area (Å²) in [5.41, 5.74) is 1.79. The number of ether oxygens (including phenoxy) is 1. The van der Waals surface area contributed by atoms with Gasteiger partial charge in [0.2, 0.25) is 5.91 Å². The molecule has 104 valence electrons. The number of hydrogen-bond donors (Lipinski definition) is 1. The first-order chi connectivity index (χ1) is 9.67. The molecule has 1 N–H and O–H groups in total. The van der Waals surface area contributed by atoms with E-state index in [2.05, 4.69) is 27.9 Å². The second-order valence-corrected chi connectivity index (χ2v) is 5.55. The van der Waals surface area contributed by atoms with E-state index in [0.29, 0.717) is 13.0 Å². The summed E-state index contributed by atoms with van der Waals surface area (Å²) < 4.78 is 6.52. The number of nitrogens with one attached hydrogen (secondary N) is 1. The van der Waals surface area contributed by atoms with Gasteiger partial charge < -0.3 is 10.1 Å². The number of amides is 1. The highest BCUT2D eigenvalue weighted by atomic mass is 127. The monoisotopic (exact) mass is 381 g/mol. The van der Waals surface area contributed by atoms with E-state index in [1.54, 1.807) is 0 Å². The third-order valence-corrected chi connectivity index (χ3v) is 3.45. The normalized spacial score (nSPS) is 10.1. The van der Waals surface area contributed by atoms with Gasteiger partial charge in [-0.2, -0.15) is 0 Å². The van der Waals surface area contributed by atoms with Crippen LogP contribution >= 0.6 is 22.6 Å². The average Bonchev–Trinajstić information content (AvgIpc) is 2.44. The van der Waals surface area contributed by atoms with Crippen LogP contribution in [0, 0.1) is 3.57 Å². The molecule has 0 bridgehead atoms. The van der Waals surface area contributed by atoms with Gasteiger partial charge in [-0.15, -0.1) is 0 Å². The SMILES string of the molecule is CCOc1ccc(CC(=O)Nc2ccc(I)cc2)cc1. The van der Waals surface area contributed by atoms with Crippen molar-refractivity contribution in [1.82, 2.24) is 0 Å². The third kappa shape index (κ3) is 4.52. The van der Waals surface area contributed by atoms with Crippen molar-refractivity contribution < 1.29 is 9.53 Å². The first-order valence-corrected chi connectivity index (χ1v) is 7.52. The van der Waals surface area contributed by atoms with Gasteiger partial charge in [-0.3, -0.25) is 4.79 Å². The van der Waals surface area contributed by atoms with E-state index >= 15 is 0 Å². The van der Waals surface area contributed by atoms with Crippen LogP contribution in [0.3, 0.4) is 0 Å². The van der Waals surface area contributed by atoms with Crippen molar-refractivity contribution >= 4 is 34.2 Å². The molecular weight excluding hydrogens is 365 g/mol. The fourth-order valence-corrected chi connectivity index (χ4v) is 2.15. The molecule has 20 heavy (non-hydrogen) atoms. The second-order valence-electron chi connectivity index (χ2n) is 4.31. The molecule has 0 atom stereocenters. The molecule has 0 radical (unpaired) electrons. The van der Waals surface area contributed by atoms with Crippen LogP contribution in [-0.2, 0) is 11.2 Å². The Morgan fingerprint density at radius 1 is 1.10 bits per heavy atom. The molecule has 0 saturated carbocycles. The number of carbonyl (C=O) groups excluding carboxylic acids is 1. The number of hydrogen-bond acceptors (Lipinski definition) is 2. The lowest BCUT2D eigenvalue weighted by molar-refractivity contribution is -0.115. The lowest BCUT2D eigenvalue weighted by Gasteiger charge is -2.07. The minimum atomic E-state index is -0.0182.